The number of anilines is 2. The molecule has 22 heavy (non-hydrogen) atoms. The first-order valence-corrected chi connectivity index (χ1v) is 8.69. The first kappa shape index (κ1) is 15.5. The van der Waals surface area contributed by atoms with Crippen molar-refractivity contribution in [3.05, 3.63) is 12.4 Å². The van der Waals surface area contributed by atoms with Crippen LogP contribution in [0.3, 0.4) is 0 Å². The fraction of sp³-hybridized carbons (Fsp3) is 0.765. The van der Waals surface area contributed by atoms with Gasteiger partial charge in [-0.05, 0) is 44.7 Å². The standard InChI is InChI=1S/C17H29N5/c1-20(2)16-17(19-9-8-18-16)22-12-6-7-15(14-22)13-21-10-4-3-5-11-21/h8-9,15H,3-7,10-14H2,1-2H3/t15-/m0/s1. The summed E-state index contributed by atoms with van der Waals surface area (Å²) < 4.78 is 0. The maximum atomic E-state index is 4.61. The van der Waals surface area contributed by atoms with E-state index in [0.29, 0.717) is 0 Å². The Kier molecular flexibility index (Phi) is 5.13. The van der Waals surface area contributed by atoms with Crippen LogP contribution >= 0.6 is 0 Å². The average Bonchev–Trinajstić information content (AvgIpc) is 2.56. The van der Waals surface area contributed by atoms with Crippen LogP contribution in [0.15, 0.2) is 12.4 Å². The van der Waals surface area contributed by atoms with E-state index in [2.05, 4.69) is 24.7 Å². The van der Waals surface area contributed by atoms with Crippen LogP contribution in [0.4, 0.5) is 11.6 Å². The van der Waals surface area contributed by atoms with Crippen LogP contribution in [0.2, 0.25) is 0 Å². The van der Waals surface area contributed by atoms with Gasteiger partial charge in [-0.1, -0.05) is 6.42 Å². The molecule has 0 amide bonds. The third-order valence-electron chi connectivity index (χ3n) is 4.87. The summed E-state index contributed by atoms with van der Waals surface area (Å²) in [5.41, 5.74) is 0. The molecule has 0 radical (unpaired) electrons. The molecule has 2 aliphatic rings. The molecule has 5 nitrogen and oxygen atoms in total. The van der Waals surface area contributed by atoms with Gasteiger partial charge in [0.2, 0.25) is 0 Å². The molecule has 2 aliphatic heterocycles. The second kappa shape index (κ2) is 7.27. The molecule has 0 spiro atoms. The van der Waals surface area contributed by atoms with Gasteiger partial charge in [-0.15, -0.1) is 0 Å². The van der Waals surface area contributed by atoms with E-state index in [4.69, 9.17) is 0 Å². The summed E-state index contributed by atoms with van der Waals surface area (Å²) in [6.07, 6.45) is 10.4. The largest absolute Gasteiger partial charge is 0.360 e. The Morgan fingerprint density at radius 1 is 1.05 bits per heavy atom. The molecular formula is C17H29N5. The third kappa shape index (κ3) is 3.69. The molecule has 3 heterocycles. The van der Waals surface area contributed by atoms with Crippen molar-refractivity contribution in [3.8, 4) is 0 Å². The highest BCUT2D eigenvalue weighted by molar-refractivity contribution is 5.61. The number of hydrogen-bond donors (Lipinski definition) is 0. The topological polar surface area (TPSA) is 35.5 Å². The summed E-state index contributed by atoms with van der Waals surface area (Å²) in [5, 5.41) is 0. The van der Waals surface area contributed by atoms with Gasteiger partial charge < -0.3 is 14.7 Å². The highest BCUT2D eigenvalue weighted by atomic mass is 15.3. The van der Waals surface area contributed by atoms with Crippen molar-refractivity contribution >= 4 is 11.6 Å². The lowest BCUT2D eigenvalue weighted by molar-refractivity contribution is 0.185. The maximum Gasteiger partial charge on any atom is 0.171 e. The van der Waals surface area contributed by atoms with E-state index in [1.54, 1.807) is 6.20 Å². The van der Waals surface area contributed by atoms with E-state index in [0.717, 1.165) is 30.6 Å². The second-order valence-corrected chi connectivity index (χ2v) is 6.91. The van der Waals surface area contributed by atoms with Gasteiger partial charge in [-0.25, -0.2) is 9.97 Å². The molecule has 1 aromatic heterocycles. The smallest absolute Gasteiger partial charge is 0.171 e. The lowest BCUT2D eigenvalue weighted by atomic mass is 9.96. The Morgan fingerprint density at radius 2 is 1.82 bits per heavy atom. The minimum atomic E-state index is 0.767. The minimum absolute atomic E-state index is 0.767. The van der Waals surface area contributed by atoms with Crippen LogP contribution in [-0.4, -0.2) is 61.7 Å². The van der Waals surface area contributed by atoms with Gasteiger partial charge in [-0.2, -0.15) is 0 Å². The summed E-state index contributed by atoms with van der Waals surface area (Å²) in [7, 11) is 4.09. The zero-order valence-corrected chi connectivity index (χ0v) is 14.0. The molecule has 0 aliphatic carbocycles. The van der Waals surface area contributed by atoms with Crippen molar-refractivity contribution in [2.45, 2.75) is 32.1 Å². The normalized spacial score (nSPS) is 23.5. The molecule has 0 unspecified atom stereocenters. The van der Waals surface area contributed by atoms with Gasteiger partial charge in [0.25, 0.3) is 0 Å². The second-order valence-electron chi connectivity index (χ2n) is 6.91. The van der Waals surface area contributed by atoms with Crippen LogP contribution in [0.5, 0.6) is 0 Å². The van der Waals surface area contributed by atoms with Crippen LogP contribution in [-0.2, 0) is 0 Å². The molecule has 0 bridgehead atoms. The number of aromatic nitrogens is 2. The first-order chi connectivity index (χ1) is 10.7. The number of nitrogens with zero attached hydrogens (tertiary/aromatic N) is 5. The van der Waals surface area contributed by atoms with Crippen LogP contribution < -0.4 is 9.80 Å². The highest BCUT2D eigenvalue weighted by Gasteiger charge is 2.25. The van der Waals surface area contributed by atoms with Crippen molar-refractivity contribution in [2.75, 3.05) is 56.6 Å². The summed E-state index contributed by atoms with van der Waals surface area (Å²) >= 11 is 0. The van der Waals surface area contributed by atoms with Crippen LogP contribution in [0.25, 0.3) is 0 Å². The summed E-state index contributed by atoms with van der Waals surface area (Å²) in [4.78, 5) is 16.3. The van der Waals surface area contributed by atoms with E-state index < -0.39 is 0 Å². The van der Waals surface area contributed by atoms with E-state index >= 15 is 0 Å². The highest BCUT2D eigenvalue weighted by Crippen LogP contribution is 2.28. The molecule has 2 fully saturated rings. The quantitative estimate of drug-likeness (QED) is 0.852. The Bertz CT molecular complexity index is 470. The predicted octanol–water partition coefficient (Wildman–Crippen LogP) is 2.24. The molecule has 1 atom stereocenters. The monoisotopic (exact) mass is 303 g/mol. The predicted molar refractivity (Wildman–Crippen MR) is 91.6 cm³/mol. The van der Waals surface area contributed by atoms with Gasteiger partial charge in [0.05, 0.1) is 0 Å². The zero-order valence-electron chi connectivity index (χ0n) is 14.0. The number of likely N-dealkylation sites (tertiary alicyclic amines) is 1. The zero-order chi connectivity index (χ0) is 15.4. The van der Waals surface area contributed by atoms with E-state index in [1.807, 2.05) is 20.3 Å². The van der Waals surface area contributed by atoms with E-state index in [-0.39, 0.29) is 0 Å². The average molecular weight is 303 g/mol. The Hall–Kier alpha value is -1.36. The molecular weight excluding hydrogens is 274 g/mol. The van der Waals surface area contributed by atoms with Gasteiger partial charge >= 0.3 is 0 Å². The first-order valence-electron chi connectivity index (χ1n) is 8.69. The Labute approximate surface area is 134 Å². The Balaban J connectivity index is 1.65. The summed E-state index contributed by atoms with van der Waals surface area (Å²) in [6.45, 7) is 6.08. The fourth-order valence-electron chi connectivity index (χ4n) is 3.78. The molecule has 1 aromatic rings. The van der Waals surface area contributed by atoms with Crippen molar-refractivity contribution in [2.24, 2.45) is 5.92 Å². The molecule has 2 saturated heterocycles. The summed E-state index contributed by atoms with van der Waals surface area (Å²) in [6, 6.07) is 0. The van der Waals surface area contributed by atoms with Crippen molar-refractivity contribution in [3.63, 3.8) is 0 Å². The molecule has 0 N–H and O–H groups in total. The van der Waals surface area contributed by atoms with E-state index in [9.17, 15) is 0 Å². The minimum Gasteiger partial charge on any atom is -0.360 e. The Morgan fingerprint density at radius 3 is 2.59 bits per heavy atom. The van der Waals surface area contributed by atoms with E-state index in [1.165, 1.54) is 51.7 Å². The number of rotatable bonds is 4. The van der Waals surface area contributed by atoms with Crippen molar-refractivity contribution in [1.29, 1.82) is 0 Å². The van der Waals surface area contributed by atoms with Gasteiger partial charge in [0, 0.05) is 46.1 Å². The van der Waals surface area contributed by atoms with Gasteiger partial charge in [-0.3, -0.25) is 0 Å². The molecule has 0 saturated carbocycles. The number of hydrogen-bond acceptors (Lipinski definition) is 5. The lowest BCUT2D eigenvalue weighted by Crippen LogP contribution is -2.43. The van der Waals surface area contributed by atoms with Gasteiger partial charge in [0.15, 0.2) is 11.6 Å². The third-order valence-corrected chi connectivity index (χ3v) is 4.87. The molecule has 5 heteroatoms. The van der Waals surface area contributed by atoms with Gasteiger partial charge in [0.1, 0.15) is 0 Å². The lowest BCUT2D eigenvalue weighted by Gasteiger charge is -2.38. The van der Waals surface area contributed by atoms with Crippen LogP contribution in [0.1, 0.15) is 32.1 Å². The van der Waals surface area contributed by atoms with Crippen molar-refractivity contribution < 1.29 is 0 Å². The van der Waals surface area contributed by atoms with Crippen LogP contribution in [0, 0.1) is 5.92 Å². The molecule has 3 rings (SSSR count). The number of piperidine rings is 2. The SMILES string of the molecule is CN(C)c1nccnc1N1CCC[C@@H](CN2CCCCC2)C1. The van der Waals surface area contributed by atoms with Crippen molar-refractivity contribution in [1.82, 2.24) is 14.9 Å². The maximum absolute atomic E-state index is 4.61. The fourth-order valence-corrected chi connectivity index (χ4v) is 3.78. The molecule has 122 valence electrons. The summed E-state index contributed by atoms with van der Waals surface area (Å²) in [5.74, 6) is 2.81. The molecule has 0 aromatic carbocycles.